The Morgan fingerprint density at radius 2 is 1.88 bits per heavy atom. The molecular weight excluding hydrogens is 324 g/mol. The summed E-state index contributed by atoms with van der Waals surface area (Å²) >= 11 is 0. The van der Waals surface area contributed by atoms with E-state index >= 15 is 0 Å². The monoisotopic (exact) mass is 344 g/mol. The normalized spacial score (nSPS) is 13.7. The first-order valence-corrected chi connectivity index (χ1v) is 9.42. The molecule has 24 heavy (non-hydrogen) atoms. The van der Waals surface area contributed by atoms with Gasteiger partial charge in [-0.25, -0.2) is 8.42 Å². The predicted octanol–water partition coefficient (Wildman–Crippen LogP) is 2.96. The lowest BCUT2D eigenvalue weighted by Crippen LogP contribution is -2.25. The van der Waals surface area contributed by atoms with E-state index in [1.165, 1.54) is 6.92 Å². The van der Waals surface area contributed by atoms with Gasteiger partial charge in [0, 0.05) is 24.8 Å². The lowest BCUT2D eigenvalue weighted by Gasteiger charge is -2.15. The smallest absolute Gasteiger partial charge is 0.261 e. The number of fused-ring (bicyclic) bond motifs is 1. The van der Waals surface area contributed by atoms with Crippen LogP contribution in [-0.2, 0) is 27.7 Å². The van der Waals surface area contributed by atoms with E-state index in [2.05, 4.69) is 4.72 Å². The molecule has 0 radical (unpaired) electrons. The standard InChI is InChI=1S/C18H20N2O3S/c1-3-14-4-6-16(7-5-14)19-24(22,23)17-8-9-18-15(12-17)10-11-20(18)13(2)21/h4-9,12,19H,3,10-11H2,1-2H3. The lowest BCUT2D eigenvalue weighted by molar-refractivity contribution is -0.116. The molecule has 0 saturated carbocycles. The molecule has 0 aliphatic carbocycles. The third-order valence-electron chi connectivity index (χ3n) is 4.25. The number of hydrogen-bond acceptors (Lipinski definition) is 3. The van der Waals surface area contributed by atoms with Crippen molar-refractivity contribution in [3.05, 3.63) is 53.6 Å². The van der Waals surface area contributed by atoms with Crippen molar-refractivity contribution >= 4 is 27.3 Å². The van der Waals surface area contributed by atoms with E-state index < -0.39 is 10.0 Å². The Balaban J connectivity index is 1.86. The molecule has 6 heteroatoms. The maximum absolute atomic E-state index is 12.6. The van der Waals surface area contributed by atoms with Crippen molar-refractivity contribution in [3.8, 4) is 0 Å². The number of rotatable bonds is 4. The zero-order valence-corrected chi connectivity index (χ0v) is 14.6. The molecule has 0 saturated heterocycles. The minimum atomic E-state index is -3.65. The molecule has 5 nitrogen and oxygen atoms in total. The van der Waals surface area contributed by atoms with Crippen molar-refractivity contribution < 1.29 is 13.2 Å². The van der Waals surface area contributed by atoms with Crippen LogP contribution >= 0.6 is 0 Å². The van der Waals surface area contributed by atoms with Gasteiger partial charge in [-0.2, -0.15) is 0 Å². The summed E-state index contributed by atoms with van der Waals surface area (Å²) < 4.78 is 27.8. The molecule has 1 amide bonds. The zero-order chi connectivity index (χ0) is 17.3. The summed E-state index contributed by atoms with van der Waals surface area (Å²) in [4.78, 5) is 13.5. The first-order valence-electron chi connectivity index (χ1n) is 7.93. The number of nitrogens with one attached hydrogen (secondary N) is 1. The zero-order valence-electron chi connectivity index (χ0n) is 13.7. The predicted molar refractivity (Wildman–Crippen MR) is 94.8 cm³/mol. The first kappa shape index (κ1) is 16.5. The molecule has 126 valence electrons. The Bertz CT molecular complexity index is 874. The van der Waals surface area contributed by atoms with Crippen LogP contribution in [0.5, 0.6) is 0 Å². The minimum absolute atomic E-state index is 0.0292. The fourth-order valence-electron chi connectivity index (χ4n) is 2.89. The van der Waals surface area contributed by atoms with E-state index in [0.717, 1.165) is 23.2 Å². The lowest BCUT2D eigenvalue weighted by atomic mass is 10.2. The Labute approximate surface area is 142 Å². The van der Waals surface area contributed by atoms with Crippen LogP contribution in [0.3, 0.4) is 0 Å². The molecule has 0 aromatic heterocycles. The van der Waals surface area contributed by atoms with Gasteiger partial charge in [0.05, 0.1) is 4.90 Å². The van der Waals surface area contributed by atoms with Crippen LogP contribution in [0, 0.1) is 0 Å². The van der Waals surface area contributed by atoms with Gasteiger partial charge in [-0.05, 0) is 54.3 Å². The number of hydrogen-bond donors (Lipinski definition) is 1. The molecule has 1 N–H and O–H groups in total. The van der Waals surface area contributed by atoms with Gasteiger partial charge in [-0.1, -0.05) is 19.1 Å². The molecule has 0 spiro atoms. The van der Waals surface area contributed by atoms with Crippen LogP contribution in [0.2, 0.25) is 0 Å². The molecule has 1 aliphatic rings. The number of carbonyl (C=O) groups is 1. The SMILES string of the molecule is CCc1ccc(NS(=O)(=O)c2ccc3c(c2)CCN3C(C)=O)cc1. The second-order valence-electron chi connectivity index (χ2n) is 5.87. The van der Waals surface area contributed by atoms with Crippen LogP contribution in [0.4, 0.5) is 11.4 Å². The molecule has 2 aromatic carbocycles. The van der Waals surface area contributed by atoms with Crippen LogP contribution in [-0.4, -0.2) is 20.9 Å². The van der Waals surface area contributed by atoms with Crippen molar-refractivity contribution in [1.29, 1.82) is 0 Å². The van der Waals surface area contributed by atoms with Gasteiger partial charge in [0.15, 0.2) is 0 Å². The summed E-state index contributed by atoms with van der Waals surface area (Å²) in [6.45, 7) is 4.16. The van der Waals surface area contributed by atoms with Crippen molar-refractivity contribution in [1.82, 2.24) is 0 Å². The fraction of sp³-hybridized carbons (Fsp3) is 0.278. The number of nitrogens with zero attached hydrogens (tertiary/aromatic N) is 1. The van der Waals surface area contributed by atoms with Gasteiger partial charge >= 0.3 is 0 Å². The third-order valence-corrected chi connectivity index (χ3v) is 5.63. The number of anilines is 2. The van der Waals surface area contributed by atoms with E-state index in [1.54, 1.807) is 35.2 Å². The van der Waals surface area contributed by atoms with Gasteiger partial charge in [-0.3, -0.25) is 9.52 Å². The molecule has 2 aromatic rings. The van der Waals surface area contributed by atoms with Crippen LogP contribution in [0.25, 0.3) is 0 Å². The molecule has 3 rings (SSSR count). The molecule has 0 fully saturated rings. The summed E-state index contributed by atoms with van der Waals surface area (Å²) in [5, 5.41) is 0. The molecular formula is C18H20N2O3S. The molecule has 0 unspecified atom stereocenters. The summed E-state index contributed by atoms with van der Waals surface area (Å²) in [5.41, 5.74) is 3.38. The number of aryl methyl sites for hydroxylation is 1. The topological polar surface area (TPSA) is 66.5 Å². The van der Waals surface area contributed by atoms with Crippen LogP contribution < -0.4 is 9.62 Å². The second-order valence-corrected chi connectivity index (χ2v) is 7.55. The van der Waals surface area contributed by atoms with E-state index in [9.17, 15) is 13.2 Å². The van der Waals surface area contributed by atoms with Gasteiger partial charge in [0.2, 0.25) is 5.91 Å². The van der Waals surface area contributed by atoms with E-state index in [-0.39, 0.29) is 10.8 Å². The van der Waals surface area contributed by atoms with E-state index in [4.69, 9.17) is 0 Å². The largest absolute Gasteiger partial charge is 0.312 e. The summed E-state index contributed by atoms with van der Waals surface area (Å²) in [5.74, 6) is -0.0292. The number of amides is 1. The molecule has 0 atom stereocenters. The van der Waals surface area contributed by atoms with Crippen molar-refractivity contribution in [2.75, 3.05) is 16.2 Å². The Morgan fingerprint density at radius 1 is 1.17 bits per heavy atom. The maximum Gasteiger partial charge on any atom is 0.261 e. The average Bonchev–Trinajstić information content (AvgIpc) is 2.98. The van der Waals surface area contributed by atoms with Crippen molar-refractivity contribution in [2.45, 2.75) is 31.6 Å². The Hall–Kier alpha value is -2.34. The quantitative estimate of drug-likeness (QED) is 0.927. The van der Waals surface area contributed by atoms with Gasteiger partial charge < -0.3 is 4.90 Å². The van der Waals surface area contributed by atoms with Crippen molar-refractivity contribution in [2.24, 2.45) is 0 Å². The molecule has 0 bridgehead atoms. The fourth-order valence-corrected chi connectivity index (χ4v) is 4.00. The number of sulfonamides is 1. The summed E-state index contributed by atoms with van der Waals surface area (Å²) in [6.07, 6.45) is 1.58. The third kappa shape index (κ3) is 3.14. The first-order chi connectivity index (χ1) is 11.4. The molecule has 1 aliphatic heterocycles. The van der Waals surface area contributed by atoms with Gasteiger partial charge in [-0.15, -0.1) is 0 Å². The second kappa shape index (κ2) is 6.28. The number of benzene rings is 2. The summed E-state index contributed by atoms with van der Waals surface area (Å²) in [7, 11) is -3.65. The highest BCUT2D eigenvalue weighted by atomic mass is 32.2. The Kier molecular flexibility index (Phi) is 4.32. The van der Waals surface area contributed by atoms with Gasteiger partial charge in [0.25, 0.3) is 10.0 Å². The highest BCUT2D eigenvalue weighted by Gasteiger charge is 2.24. The minimum Gasteiger partial charge on any atom is -0.312 e. The maximum atomic E-state index is 12.6. The highest BCUT2D eigenvalue weighted by molar-refractivity contribution is 7.92. The number of carbonyl (C=O) groups excluding carboxylic acids is 1. The van der Waals surface area contributed by atoms with E-state index in [0.29, 0.717) is 18.7 Å². The highest BCUT2D eigenvalue weighted by Crippen LogP contribution is 2.30. The van der Waals surface area contributed by atoms with E-state index in [1.807, 2.05) is 19.1 Å². The molecule has 1 heterocycles. The summed E-state index contributed by atoms with van der Waals surface area (Å²) in [6, 6.07) is 12.3. The van der Waals surface area contributed by atoms with Crippen LogP contribution in [0.1, 0.15) is 25.0 Å². The van der Waals surface area contributed by atoms with Crippen molar-refractivity contribution in [3.63, 3.8) is 0 Å². The van der Waals surface area contributed by atoms with Crippen LogP contribution in [0.15, 0.2) is 47.4 Å². The average molecular weight is 344 g/mol. The Morgan fingerprint density at radius 3 is 2.50 bits per heavy atom. The van der Waals surface area contributed by atoms with Gasteiger partial charge in [0.1, 0.15) is 0 Å².